The molecule has 1 spiro atoms. The van der Waals surface area contributed by atoms with Crippen LogP contribution in [-0.2, 0) is 30.2 Å². The number of para-hydroxylation sites is 2. The molecule has 6 heteroatoms. The van der Waals surface area contributed by atoms with Crippen LogP contribution < -0.4 is 9.64 Å². The molecule has 2 aliphatic carbocycles. The molecule has 10 rings (SSSR count). The van der Waals surface area contributed by atoms with Crippen LogP contribution in [0.2, 0.25) is 0 Å². The maximum atomic E-state index is 6.98. The first-order valence-electron chi connectivity index (χ1n) is 23.4. The molecule has 7 aromatic rings. The molecule has 0 bridgehead atoms. The number of rotatable bonds is 6. The van der Waals surface area contributed by atoms with E-state index in [1.165, 1.54) is 108 Å². The van der Waals surface area contributed by atoms with Crippen LogP contribution >= 0.6 is 0 Å². The third-order valence-corrected chi connectivity index (χ3v) is 15.6. The summed E-state index contributed by atoms with van der Waals surface area (Å²) in [7, 11) is 0. The summed E-state index contributed by atoms with van der Waals surface area (Å²) in [6, 6.07) is 44.6. The van der Waals surface area contributed by atoms with E-state index in [4.69, 9.17) is 9.72 Å². The van der Waals surface area contributed by atoms with Gasteiger partial charge in [0.25, 0.3) is 0 Å². The van der Waals surface area contributed by atoms with Gasteiger partial charge in [0.2, 0.25) is 0 Å². The summed E-state index contributed by atoms with van der Waals surface area (Å²) in [5, 5.41) is 0. The number of hydrogen-bond donors (Lipinski definition) is 0. The minimum Gasteiger partial charge on any atom is -0.0622 e. The molecule has 2 fully saturated rings. The Morgan fingerprint density at radius 2 is 1.29 bits per heavy atom. The zero-order chi connectivity index (χ0) is 43.7. The molecule has 0 radical (unpaired) electrons. The number of ether oxygens (including phenoxy) is 1. The summed E-state index contributed by atoms with van der Waals surface area (Å²) in [4.78, 5) is 8.07. The Hall–Kier alpha value is -4.99. The Kier molecular flexibility index (Phi) is 10.8. The van der Waals surface area contributed by atoms with Crippen molar-refractivity contribution in [2.24, 2.45) is 5.92 Å². The number of aromatic nitrogens is 3. The van der Waals surface area contributed by atoms with Gasteiger partial charge in [0.05, 0.1) is 0 Å². The monoisotopic (exact) mass is 1010 g/mol. The van der Waals surface area contributed by atoms with Gasteiger partial charge in [-0.15, -0.1) is 0 Å². The van der Waals surface area contributed by atoms with Gasteiger partial charge in [0, 0.05) is 11.8 Å². The van der Waals surface area contributed by atoms with Gasteiger partial charge in [0.1, 0.15) is 0 Å². The van der Waals surface area contributed by atoms with Crippen molar-refractivity contribution in [3.63, 3.8) is 0 Å². The fraction of sp³-hybridized carbons (Fsp3) is 0.368. The van der Waals surface area contributed by atoms with Crippen molar-refractivity contribution >= 4 is 22.5 Å². The van der Waals surface area contributed by atoms with E-state index in [9.17, 15) is 0 Å². The predicted octanol–water partition coefficient (Wildman–Crippen LogP) is 15.4. The van der Waals surface area contributed by atoms with E-state index in [2.05, 4.69) is 209 Å². The number of nitrogens with zero attached hydrogens (tertiary/aromatic N) is 4. The number of hydrogen-bond acceptors (Lipinski definition) is 3. The molecule has 5 aromatic carbocycles. The van der Waals surface area contributed by atoms with Gasteiger partial charge in [0.15, 0.2) is 0 Å². The molecule has 2 unspecified atom stereocenters. The van der Waals surface area contributed by atoms with Gasteiger partial charge in [-0.05, 0) is 24.5 Å². The van der Waals surface area contributed by atoms with E-state index in [0.717, 1.165) is 32.3 Å². The maximum absolute atomic E-state index is 6.98. The van der Waals surface area contributed by atoms with Crippen molar-refractivity contribution in [1.29, 1.82) is 0 Å². The summed E-state index contributed by atoms with van der Waals surface area (Å²) in [6.45, 7) is 16.1. The van der Waals surface area contributed by atoms with Crippen molar-refractivity contribution in [3.05, 3.63) is 154 Å². The van der Waals surface area contributed by atoms with E-state index in [1.807, 2.05) is 0 Å². The van der Waals surface area contributed by atoms with Crippen molar-refractivity contribution < 1.29 is 24.1 Å². The summed E-state index contributed by atoms with van der Waals surface area (Å²) in [5.41, 5.74) is 13.8. The Balaban J connectivity index is 1.06. The minimum absolute atomic E-state index is 0.0114. The smallest absolute Gasteiger partial charge is 0.0622 e. The molecule has 5 nitrogen and oxygen atoms in total. The molecule has 2 aromatic heterocycles. The molecule has 3 aliphatic rings. The van der Waals surface area contributed by atoms with Gasteiger partial charge in [-0.2, -0.15) is 0 Å². The third kappa shape index (κ3) is 7.56. The minimum atomic E-state index is 0.0114. The second kappa shape index (κ2) is 16.2. The van der Waals surface area contributed by atoms with E-state index in [1.54, 1.807) is 0 Å². The number of fused-ring (bicyclic) bond motifs is 5. The molecular weight excluding hydrogens is 952 g/mol. The van der Waals surface area contributed by atoms with Crippen molar-refractivity contribution in [3.8, 4) is 34.0 Å². The molecule has 2 saturated carbocycles. The number of imidazole rings is 1. The summed E-state index contributed by atoms with van der Waals surface area (Å²) < 4.78 is 12.9. The summed E-state index contributed by atoms with van der Waals surface area (Å²) >= 11 is 2.52. The summed E-state index contributed by atoms with van der Waals surface area (Å²) in [6.07, 6.45) is 13.6. The Labute approximate surface area is 385 Å². The Bertz CT molecular complexity index is 2850. The number of anilines is 2. The molecule has 1 aliphatic heterocycles. The zero-order valence-corrected chi connectivity index (χ0v) is 40.4. The molecule has 0 saturated heterocycles. The molecular formula is C57H62N4OPt. The SMILES string of the molecule is Cc1cc(N2c3cc(Oc4cccc(-n5[c](=[Pt])n(-c6cc(C(C)(C)C)cc(C(C)(C)C)c6)c6ccccc65)c4)ccc3C3CCCCC3C23CCCCC3)ncc1-c1ccccc1. The number of aryl methyl sites for hydroxylation is 1. The predicted molar refractivity (Wildman–Crippen MR) is 257 cm³/mol. The van der Waals surface area contributed by atoms with Crippen molar-refractivity contribution in [2.75, 3.05) is 4.90 Å². The number of benzene rings is 5. The van der Waals surface area contributed by atoms with Crippen LogP contribution in [0, 0.1) is 16.6 Å². The summed E-state index contributed by atoms with van der Waals surface area (Å²) in [5.74, 6) is 3.94. The van der Waals surface area contributed by atoms with Crippen molar-refractivity contribution in [2.45, 2.75) is 129 Å². The van der Waals surface area contributed by atoms with Crippen LogP contribution in [0.15, 0.2) is 128 Å². The topological polar surface area (TPSA) is 35.2 Å². The number of pyridine rings is 1. The fourth-order valence-electron chi connectivity index (χ4n) is 11.4. The standard InChI is InChI=1S/C57H62N4O.Pt/c1-39-31-54(58-37-49(39)40-19-10-8-11-20-40)61-53-36-46(27-28-48(53)47-23-12-13-24-50(47)57(61)29-16-9-17-30-57)62-45-22-18-21-43(35-45)59-38-60(52-26-15-14-25-51(52)59)44-33-41(55(2,3)4)32-42(34-44)56(5,6)7;/h8,10-11,14-15,18-22,25-28,31-37,47,50H,9,12-13,16-17,23-24,29-30H2,1-7H3;. The Morgan fingerprint density at radius 1 is 0.635 bits per heavy atom. The van der Waals surface area contributed by atoms with Gasteiger partial charge in [-0.1, -0.05) is 62.4 Å². The van der Waals surface area contributed by atoms with Crippen LogP contribution in [0.4, 0.5) is 11.5 Å². The van der Waals surface area contributed by atoms with E-state index in [-0.39, 0.29) is 16.4 Å². The van der Waals surface area contributed by atoms with Crippen LogP contribution in [-0.4, -0.2) is 19.7 Å². The fourth-order valence-corrected chi connectivity index (χ4v) is 12.5. The van der Waals surface area contributed by atoms with E-state index < -0.39 is 0 Å². The zero-order valence-electron chi connectivity index (χ0n) is 38.2. The van der Waals surface area contributed by atoms with Gasteiger partial charge in [-0.3, -0.25) is 0 Å². The van der Waals surface area contributed by atoms with Crippen molar-refractivity contribution in [1.82, 2.24) is 14.1 Å². The van der Waals surface area contributed by atoms with E-state index >= 15 is 0 Å². The molecule has 0 amide bonds. The van der Waals surface area contributed by atoms with Gasteiger partial charge >= 0.3 is 289 Å². The second-order valence-electron chi connectivity index (χ2n) is 20.7. The Morgan fingerprint density at radius 3 is 1.97 bits per heavy atom. The normalized spacial score (nSPS) is 18.7. The van der Waals surface area contributed by atoms with Crippen LogP contribution in [0.5, 0.6) is 11.5 Å². The van der Waals surface area contributed by atoms with Gasteiger partial charge in [-0.25, -0.2) is 0 Å². The molecule has 63 heavy (non-hydrogen) atoms. The molecule has 0 N–H and O–H groups in total. The average Bonchev–Trinajstić information content (AvgIpc) is 3.58. The van der Waals surface area contributed by atoms with Gasteiger partial charge < -0.3 is 0 Å². The first kappa shape index (κ1) is 42.0. The third-order valence-electron chi connectivity index (χ3n) is 14.6. The van der Waals surface area contributed by atoms with Crippen LogP contribution in [0.25, 0.3) is 33.5 Å². The van der Waals surface area contributed by atoms with E-state index in [0.29, 0.717) is 11.8 Å². The molecule has 326 valence electrons. The molecule has 2 atom stereocenters. The second-order valence-corrected chi connectivity index (χ2v) is 21.7. The average molecular weight is 1010 g/mol. The first-order valence-corrected chi connectivity index (χ1v) is 24.5. The molecule has 3 heterocycles. The van der Waals surface area contributed by atoms with Crippen LogP contribution in [0.3, 0.4) is 0 Å². The van der Waals surface area contributed by atoms with Crippen LogP contribution in [0.1, 0.15) is 128 Å². The quantitative estimate of drug-likeness (QED) is 0.167. The first-order chi connectivity index (χ1) is 30.3.